The molecule has 0 fully saturated rings. The van der Waals surface area contributed by atoms with Crippen LogP contribution in [0.4, 0.5) is 5.69 Å². The molecule has 0 unspecified atom stereocenters. The summed E-state index contributed by atoms with van der Waals surface area (Å²) in [4.78, 5) is 55.3. The topological polar surface area (TPSA) is 143 Å². The first-order valence-electron chi connectivity index (χ1n) is 9.13. The maximum Gasteiger partial charge on any atom is 0.332 e. The fourth-order valence-corrected chi connectivity index (χ4v) is 3.42. The highest BCUT2D eigenvalue weighted by molar-refractivity contribution is 5.92. The van der Waals surface area contributed by atoms with E-state index in [1.165, 1.54) is 30.9 Å². The molecule has 0 atom stereocenters. The van der Waals surface area contributed by atoms with E-state index in [1.54, 1.807) is 13.8 Å². The third kappa shape index (κ3) is 3.53. The molecule has 3 rings (SSSR count). The fraction of sp³-hybridized carbons (Fsp3) is 0.300. The molecule has 0 aliphatic rings. The van der Waals surface area contributed by atoms with Crippen LogP contribution in [0.3, 0.4) is 0 Å². The van der Waals surface area contributed by atoms with Crippen LogP contribution in [0.25, 0.3) is 11.0 Å². The second kappa shape index (κ2) is 7.79. The molecule has 2 N–H and O–H groups in total. The Morgan fingerprint density at radius 1 is 1.23 bits per heavy atom. The van der Waals surface area contributed by atoms with E-state index in [0.29, 0.717) is 23.4 Å². The van der Waals surface area contributed by atoms with Gasteiger partial charge in [-0.1, -0.05) is 0 Å². The van der Waals surface area contributed by atoms with Gasteiger partial charge >= 0.3 is 5.69 Å². The van der Waals surface area contributed by atoms with E-state index < -0.39 is 16.8 Å². The maximum absolute atomic E-state index is 12.4. The predicted octanol–water partition coefficient (Wildman–Crippen LogP) is 0.380. The van der Waals surface area contributed by atoms with Crippen molar-refractivity contribution in [3.63, 3.8) is 0 Å². The Balaban J connectivity index is 1.84. The number of carbonyl (C=O) groups is 1. The quantitative estimate of drug-likeness (QED) is 0.639. The SMILES string of the molecule is Cc1[nH]c(=O)c(C#N)c(C)c1CCC(=O)Nc1cnc2c(c1)c(=O)n(C)c(=O)n2C. The zero-order chi connectivity index (χ0) is 22.2. The highest BCUT2D eigenvalue weighted by atomic mass is 16.2. The van der Waals surface area contributed by atoms with Crippen LogP contribution in [0, 0.1) is 25.2 Å². The summed E-state index contributed by atoms with van der Waals surface area (Å²) in [5.74, 6) is -0.318. The lowest BCUT2D eigenvalue weighted by Crippen LogP contribution is -2.37. The third-order valence-corrected chi connectivity index (χ3v) is 5.10. The number of anilines is 1. The highest BCUT2D eigenvalue weighted by Crippen LogP contribution is 2.16. The second-order valence-electron chi connectivity index (χ2n) is 7.02. The molecule has 0 bridgehead atoms. The predicted molar refractivity (Wildman–Crippen MR) is 110 cm³/mol. The molecule has 0 saturated carbocycles. The van der Waals surface area contributed by atoms with Crippen molar-refractivity contribution >= 4 is 22.6 Å². The first-order chi connectivity index (χ1) is 14.1. The van der Waals surface area contributed by atoms with Crippen molar-refractivity contribution in [1.82, 2.24) is 19.1 Å². The third-order valence-electron chi connectivity index (χ3n) is 5.10. The van der Waals surface area contributed by atoms with Crippen LogP contribution >= 0.6 is 0 Å². The number of amides is 1. The molecular weight excluding hydrogens is 388 g/mol. The molecular formula is C20H20N6O4. The van der Waals surface area contributed by atoms with E-state index in [1.807, 2.05) is 6.07 Å². The Morgan fingerprint density at radius 2 is 1.93 bits per heavy atom. The Bertz CT molecular complexity index is 1400. The molecule has 3 heterocycles. The average molecular weight is 408 g/mol. The maximum atomic E-state index is 12.4. The van der Waals surface area contributed by atoms with Gasteiger partial charge in [-0.3, -0.25) is 23.5 Å². The van der Waals surface area contributed by atoms with Crippen LogP contribution in [0.1, 0.15) is 28.8 Å². The lowest BCUT2D eigenvalue weighted by Gasteiger charge is -2.11. The fourth-order valence-electron chi connectivity index (χ4n) is 3.42. The molecule has 10 nitrogen and oxygen atoms in total. The van der Waals surface area contributed by atoms with Crippen LogP contribution < -0.4 is 22.1 Å². The molecule has 30 heavy (non-hydrogen) atoms. The number of nitrogens with one attached hydrogen (secondary N) is 2. The Morgan fingerprint density at radius 3 is 2.60 bits per heavy atom. The van der Waals surface area contributed by atoms with Gasteiger partial charge in [-0.25, -0.2) is 9.78 Å². The number of pyridine rings is 2. The highest BCUT2D eigenvalue weighted by Gasteiger charge is 2.15. The Labute approximate surface area is 170 Å². The summed E-state index contributed by atoms with van der Waals surface area (Å²) in [5, 5.41) is 12.0. The number of hydrogen-bond acceptors (Lipinski definition) is 6. The zero-order valence-corrected chi connectivity index (χ0v) is 17.0. The number of carbonyl (C=O) groups excluding carboxylic acids is 1. The number of hydrogen-bond donors (Lipinski definition) is 2. The minimum absolute atomic E-state index is 0.0381. The van der Waals surface area contributed by atoms with Crippen LogP contribution in [0.5, 0.6) is 0 Å². The number of H-pyrrole nitrogens is 1. The van der Waals surface area contributed by atoms with Crippen LogP contribution in [-0.4, -0.2) is 25.0 Å². The average Bonchev–Trinajstić information content (AvgIpc) is 2.70. The molecule has 0 radical (unpaired) electrons. The van der Waals surface area contributed by atoms with Crippen LogP contribution in [-0.2, 0) is 25.3 Å². The number of nitrogens with zero attached hydrogens (tertiary/aromatic N) is 4. The number of rotatable bonds is 4. The molecule has 0 saturated heterocycles. The van der Waals surface area contributed by atoms with Gasteiger partial charge in [-0.05, 0) is 37.5 Å². The van der Waals surface area contributed by atoms with Crippen molar-refractivity contribution in [3.05, 3.63) is 65.8 Å². The van der Waals surface area contributed by atoms with Gasteiger partial charge in [0.15, 0.2) is 0 Å². The van der Waals surface area contributed by atoms with E-state index in [0.717, 1.165) is 10.1 Å². The van der Waals surface area contributed by atoms with Crippen molar-refractivity contribution in [1.29, 1.82) is 5.26 Å². The molecule has 1 amide bonds. The molecule has 10 heteroatoms. The van der Waals surface area contributed by atoms with Crippen LogP contribution in [0.15, 0.2) is 26.6 Å². The van der Waals surface area contributed by atoms with Crippen molar-refractivity contribution in [2.75, 3.05) is 5.32 Å². The first kappa shape index (κ1) is 20.7. The summed E-state index contributed by atoms with van der Waals surface area (Å²) < 4.78 is 2.24. The van der Waals surface area contributed by atoms with Gasteiger partial charge in [0.05, 0.1) is 17.3 Å². The Hall–Kier alpha value is -4.00. The number of aryl methyl sites for hydroxylation is 2. The Kier molecular flexibility index (Phi) is 5.38. The van der Waals surface area contributed by atoms with Gasteiger partial charge in [0.1, 0.15) is 17.3 Å². The van der Waals surface area contributed by atoms with E-state index in [2.05, 4.69) is 15.3 Å². The number of nitriles is 1. The van der Waals surface area contributed by atoms with Crippen molar-refractivity contribution in [2.45, 2.75) is 26.7 Å². The minimum atomic E-state index is -0.500. The van der Waals surface area contributed by atoms with Gasteiger partial charge in [0.25, 0.3) is 11.1 Å². The van der Waals surface area contributed by atoms with Gasteiger partial charge in [0.2, 0.25) is 5.91 Å². The van der Waals surface area contributed by atoms with Crippen molar-refractivity contribution < 1.29 is 4.79 Å². The number of aromatic nitrogens is 4. The van der Waals surface area contributed by atoms with E-state index in [9.17, 15) is 19.2 Å². The standard InChI is InChI=1S/C20H20N6O4/c1-10-13(11(2)23-18(28)15(10)8-21)5-6-16(27)24-12-7-14-17(22-9-12)25(3)20(30)26(4)19(14)29/h7,9H,5-6H2,1-4H3,(H,23,28)(H,24,27). The smallest absolute Gasteiger partial charge is 0.325 e. The second-order valence-corrected chi connectivity index (χ2v) is 7.02. The van der Waals surface area contributed by atoms with Crippen molar-refractivity contribution in [2.24, 2.45) is 14.1 Å². The molecule has 0 spiro atoms. The van der Waals surface area contributed by atoms with Gasteiger partial charge < -0.3 is 10.3 Å². The van der Waals surface area contributed by atoms with Gasteiger partial charge in [-0.15, -0.1) is 0 Å². The zero-order valence-electron chi connectivity index (χ0n) is 17.0. The monoisotopic (exact) mass is 408 g/mol. The van der Waals surface area contributed by atoms with Crippen molar-refractivity contribution in [3.8, 4) is 6.07 Å². The largest absolute Gasteiger partial charge is 0.332 e. The van der Waals surface area contributed by atoms with Gasteiger partial charge in [-0.2, -0.15) is 5.26 Å². The molecule has 0 aliphatic heterocycles. The van der Waals surface area contributed by atoms with Gasteiger partial charge in [0, 0.05) is 26.2 Å². The summed E-state index contributed by atoms with van der Waals surface area (Å²) in [5.41, 5.74) is 1.07. The molecule has 3 aromatic rings. The molecule has 0 aromatic carbocycles. The lowest BCUT2D eigenvalue weighted by molar-refractivity contribution is -0.116. The van der Waals surface area contributed by atoms with E-state index >= 15 is 0 Å². The number of aromatic amines is 1. The minimum Gasteiger partial charge on any atom is -0.325 e. The normalized spacial score (nSPS) is 10.8. The molecule has 3 aromatic heterocycles. The van der Waals surface area contributed by atoms with Crippen LogP contribution in [0.2, 0.25) is 0 Å². The summed E-state index contributed by atoms with van der Waals surface area (Å²) in [6.07, 6.45) is 1.80. The number of fused-ring (bicyclic) bond motifs is 1. The first-order valence-corrected chi connectivity index (χ1v) is 9.13. The van der Waals surface area contributed by atoms with E-state index in [-0.39, 0.29) is 28.9 Å². The summed E-state index contributed by atoms with van der Waals surface area (Å²) in [7, 11) is 2.89. The summed E-state index contributed by atoms with van der Waals surface area (Å²) in [6, 6.07) is 3.36. The summed E-state index contributed by atoms with van der Waals surface area (Å²) >= 11 is 0. The molecule has 154 valence electrons. The lowest BCUT2D eigenvalue weighted by atomic mass is 9.99. The van der Waals surface area contributed by atoms with E-state index in [4.69, 9.17) is 5.26 Å². The summed E-state index contributed by atoms with van der Waals surface area (Å²) in [6.45, 7) is 3.40. The molecule has 0 aliphatic carbocycles.